The highest BCUT2D eigenvalue weighted by molar-refractivity contribution is 8.08. The van der Waals surface area contributed by atoms with E-state index in [1.807, 2.05) is 38.1 Å². The lowest BCUT2D eigenvalue weighted by Crippen LogP contribution is -2.02. The summed E-state index contributed by atoms with van der Waals surface area (Å²) >= 11 is 1.17. The number of hydrogen-bond acceptors (Lipinski definition) is 7. The molecule has 0 aliphatic carbocycles. The van der Waals surface area contributed by atoms with Gasteiger partial charge in [0, 0.05) is 23.1 Å². The maximum Gasteiger partial charge on any atom is 0.270 e. The van der Waals surface area contributed by atoms with E-state index in [0.29, 0.717) is 15.6 Å². The van der Waals surface area contributed by atoms with Gasteiger partial charge < -0.3 is 0 Å². The van der Waals surface area contributed by atoms with Crippen LogP contribution in [0.1, 0.15) is 16.7 Å². The van der Waals surface area contributed by atoms with Gasteiger partial charge in [-0.25, -0.2) is 0 Å². The number of aryl methyl sites for hydroxylation is 2. The second-order valence-electron chi connectivity index (χ2n) is 5.71. The van der Waals surface area contributed by atoms with E-state index < -0.39 is 4.92 Å². The molecule has 3 aromatic rings. The second kappa shape index (κ2) is 7.80. The number of nitro benzene ring substituents is 1. The van der Waals surface area contributed by atoms with Crippen molar-refractivity contribution in [1.29, 1.82) is 5.26 Å². The molecule has 0 radical (unpaired) electrons. The molecule has 0 unspecified atom stereocenters. The van der Waals surface area contributed by atoms with Gasteiger partial charge in [0.05, 0.1) is 16.7 Å². The highest BCUT2D eigenvalue weighted by atomic mass is 32.2. The lowest BCUT2D eigenvalue weighted by atomic mass is 10.1. The third-order valence-electron chi connectivity index (χ3n) is 3.76. The number of aromatic nitrogens is 4. The van der Waals surface area contributed by atoms with Crippen LogP contribution in [0, 0.1) is 35.3 Å². The second-order valence-corrected chi connectivity index (χ2v) is 6.72. The Bertz CT molecular complexity index is 1080. The zero-order chi connectivity index (χ0) is 19.4. The molecule has 1 aromatic heterocycles. The van der Waals surface area contributed by atoms with E-state index >= 15 is 0 Å². The Hall–Kier alpha value is -3.51. The molecule has 0 N–H and O–H groups in total. The molecule has 134 valence electrons. The van der Waals surface area contributed by atoms with Crippen LogP contribution in [-0.2, 0) is 0 Å². The average molecular weight is 378 g/mol. The number of non-ortho nitro benzene ring substituents is 1. The molecule has 3 rings (SSSR count). The van der Waals surface area contributed by atoms with E-state index in [2.05, 4.69) is 15.5 Å². The fraction of sp³-hybridized carbons (Fsp3) is 0.111. The number of rotatable bonds is 5. The van der Waals surface area contributed by atoms with Crippen LogP contribution in [0.15, 0.2) is 53.7 Å². The molecule has 0 bridgehead atoms. The Balaban J connectivity index is 2.00. The van der Waals surface area contributed by atoms with Gasteiger partial charge in [0.2, 0.25) is 5.16 Å². The Labute approximate surface area is 159 Å². The van der Waals surface area contributed by atoms with Gasteiger partial charge in [-0.05, 0) is 53.2 Å². The van der Waals surface area contributed by atoms with E-state index in [1.54, 1.807) is 16.8 Å². The molecule has 0 aliphatic rings. The fourth-order valence-electron chi connectivity index (χ4n) is 2.54. The third kappa shape index (κ3) is 4.02. The average Bonchev–Trinajstić information content (AvgIpc) is 3.09. The minimum atomic E-state index is -0.474. The number of tetrazole rings is 1. The van der Waals surface area contributed by atoms with Crippen LogP contribution in [0.5, 0.6) is 0 Å². The van der Waals surface area contributed by atoms with Crippen molar-refractivity contribution in [1.82, 2.24) is 20.2 Å². The van der Waals surface area contributed by atoms with Crippen molar-refractivity contribution in [3.05, 3.63) is 75.3 Å². The van der Waals surface area contributed by atoms with E-state index in [9.17, 15) is 10.1 Å². The van der Waals surface area contributed by atoms with Crippen LogP contribution in [0.2, 0.25) is 0 Å². The van der Waals surface area contributed by atoms with Gasteiger partial charge >= 0.3 is 0 Å². The molecular weight excluding hydrogens is 364 g/mol. The van der Waals surface area contributed by atoms with E-state index in [-0.39, 0.29) is 5.69 Å². The first kappa shape index (κ1) is 18.3. The normalized spacial score (nSPS) is 11.2. The fourth-order valence-corrected chi connectivity index (χ4v) is 3.39. The monoisotopic (exact) mass is 378 g/mol. The van der Waals surface area contributed by atoms with Crippen molar-refractivity contribution < 1.29 is 4.92 Å². The molecule has 0 spiro atoms. The minimum absolute atomic E-state index is 0.0501. The summed E-state index contributed by atoms with van der Waals surface area (Å²) in [5, 5.41) is 32.4. The predicted molar refractivity (Wildman–Crippen MR) is 101 cm³/mol. The van der Waals surface area contributed by atoms with E-state index in [0.717, 1.165) is 16.8 Å². The molecule has 0 fully saturated rings. The molecule has 0 aliphatic heterocycles. The zero-order valence-corrected chi connectivity index (χ0v) is 15.3. The first-order valence-electron chi connectivity index (χ1n) is 7.88. The molecule has 2 aromatic carbocycles. The topological polar surface area (TPSA) is 111 Å². The molecule has 8 nitrogen and oxygen atoms in total. The van der Waals surface area contributed by atoms with Crippen LogP contribution in [0.25, 0.3) is 10.6 Å². The van der Waals surface area contributed by atoms with Gasteiger partial charge in [-0.1, -0.05) is 29.8 Å². The molecule has 9 heteroatoms. The molecule has 0 saturated heterocycles. The van der Waals surface area contributed by atoms with Gasteiger partial charge in [-0.3, -0.25) is 10.1 Å². The summed E-state index contributed by atoms with van der Waals surface area (Å²) in [6.45, 7) is 3.97. The van der Waals surface area contributed by atoms with Gasteiger partial charge in [-0.15, -0.1) is 5.10 Å². The van der Waals surface area contributed by atoms with Crippen LogP contribution >= 0.6 is 11.8 Å². The summed E-state index contributed by atoms with van der Waals surface area (Å²) in [5.74, 6) is 0. The molecule has 0 amide bonds. The number of hydrogen-bond donors (Lipinski definition) is 0. The Morgan fingerprint density at radius 1 is 1.30 bits per heavy atom. The van der Waals surface area contributed by atoms with Crippen molar-refractivity contribution in [3.63, 3.8) is 0 Å². The predicted octanol–water partition coefficient (Wildman–Crippen LogP) is 3.84. The van der Waals surface area contributed by atoms with Gasteiger partial charge in [-0.2, -0.15) is 9.94 Å². The molecular formula is C18H14N6O2S. The van der Waals surface area contributed by atoms with Crippen LogP contribution in [0.3, 0.4) is 0 Å². The van der Waals surface area contributed by atoms with Gasteiger partial charge in [0.1, 0.15) is 0 Å². The standard InChI is InChI=1S/C18H14N6O2S/c1-12-6-7-16(13(2)10-12)23-18(20-21-22-23)27-17(8-9-19)14-4-3-5-15(11-14)24(25)26/h3-8,10-11H,1-2H3/b17-8-. The first-order valence-corrected chi connectivity index (χ1v) is 8.69. The van der Waals surface area contributed by atoms with E-state index in [1.165, 1.54) is 30.0 Å². The number of benzene rings is 2. The molecule has 27 heavy (non-hydrogen) atoms. The Kier molecular flexibility index (Phi) is 5.28. The van der Waals surface area contributed by atoms with Crippen LogP contribution in [0.4, 0.5) is 5.69 Å². The SMILES string of the molecule is Cc1ccc(-n2nnnc2S/C(=C\C#N)c2cccc([N+](=O)[O-])c2)c(C)c1. The largest absolute Gasteiger partial charge is 0.270 e. The Morgan fingerprint density at radius 2 is 2.11 bits per heavy atom. The number of nitro groups is 1. The summed E-state index contributed by atoms with van der Waals surface area (Å²) in [5.41, 5.74) is 3.45. The highest BCUT2D eigenvalue weighted by Gasteiger charge is 2.16. The summed E-state index contributed by atoms with van der Waals surface area (Å²) in [4.78, 5) is 11.1. The van der Waals surface area contributed by atoms with Crippen molar-refractivity contribution in [2.45, 2.75) is 19.0 Å². The van der Waals surface area contributed by atoms with Crippen molar-refractivity contribution in [3.8, 4) is 11.8 Å². The van der Waals surface area contributed by atoms with Crippen molar-refractivity contribution >= 4 is 22.4 Å². The van der Waals surface area contributed by atoms with Gasteiger partial charge in [0.15, 0.2) is 0 Å². The summed E-state index contributed by atoms with van der Waals surface area (Å²) in [6, 6.07) is 14.0. The molecule has 0 atom stereocenters. The summed E-state index contributed by atoms with van der Waals surface area (Å²) in [7, 11) is 0. The quantitative estimate of drug-likeness (QED) is 0.287. The first-order chi connectivity index (χ1) is 13.0. The van der Waals surface area contributed by atoms with Crippen molar-refractivity contribution in [2.75, 3.05) is 0 Å². The lowest BCUT2D eigenvalue weighted by Gasteiger charge is -2.09. The minimum Gasteiger partial charge on any atom is -0.258 e. The maximum atomic E-state index is 11.0. The summed E-state index contributed by atoms with van der Waals surface area (Å²) < 4.78 is 1.59. The molecule has 1 heterocycles. The van der Waals surface area contributed by atoms with Gasteiger partial charge in [0.25, 0.3) is 5.69 Å². The van der Waals surface area contributed by atoms with E-state index in [4.69, 9.17) is 5.26 Å². The maximum absolute atomic E-state index is 11.0. The number of nitrogens with zero attached hydrogens (tertiary/aromatic N) is 6. The highest BCUT2D eigenvalue weighted by Crippen LogP contribution is 2.35. The molecule has 0 saturated carbocycles. The zero-order valence-electron chi connectivity index (χ0n) is 14.5. The van der Waals surface area contributed by atoms with Crippen molar-refractivity contribution in [2.24, 2.45) is 0 Å². The third-order valence-corrected chi connectivity index (χ3v) is 4.77. The summed E-state index contributed by atoms with van der Waals surface area (Å²) in [6.07, 6.45) is 1.32. The lowest BCUT2D eigenvalue weighted by molar-refractivity contribution is -0.384. The number of allylic oxidation sites excluding steroid dienone is 1. The number of thioether (sulfide) groups is 1. The van der Waals surface area contributed by atoms with Crippen LogP contribution in [-0.4, -0.2) is 25.1 Å². The smallest absolute Gasteiger partial charge is 0.258 e. The van der Waals surface area contributed by atoms with Crippen LogP contribution < -0.4 is 0 Å². The Morgan fingerprint density at radius 3 is 2.81 bits per heavy atom. The number of nitriles is 1.